The number of nitrogens with zero attached hydrogens (tertiary/aromatic N) is 2. The van der Waals surface area contributed by atoms with Gasteiger partial charge in [0.1, 0.15) is 0 Å². The van der Waals surface area contributed by atoms with Gasteiger partial charge < -0.3 is 15.3 Å². The van der Waals surface area contributed by atoms with Crippen LogP contribution < -0.4 is 5.32 Å². The third kappa shape index (κ3) is 3.81. The second-order valence-electron chi connectivity index (χ2n) is 7.97. The summed E-state index contributed by atoms with van der Waals surface area (Å²) in [6.07, 6.45) is 3.90. The Kier molecular flexibility index (Phi) is 4.89. The molecular weight excluding hydrogens is 332 g/mol. The molecule has 1 aliphatic carbocycles. The summed E-state index contributed by atoms with van der Waals surface area (Å²) in [5.41, 5.74) is 1.09. The number of benzene rings is 1. The number of carboxylic acid groups (broad SMARTS) is 1. The highest BCUT2D eigenvalue weighted by Gasteiger charge is 2.35. The molecule has 7 heteroatoms. The van der Waals surface area contributed by atoms with Crippen molar-refractivity contribution in [3.8, 4) is 0 Å². The predicted octanol–water partition coefficient (Wildman–Crippen LogP) is 3.38. The minimum atomic E-state index is -0.876. The highest BCUT2D eigenvalue weighted by Crippen LogP contribution is 2.29. The summed E-state index contributed by atoms with van der Waals surface area (Å²) < 4.78 is 0. The molecule has 1 saturated carbocycles. The van der Waals surface area contributed by atoms with Crippen LogP contribution in [0, 0.1) is 0 Å². The van der Waals surface area contributed by atoms with Crippen LogP contribution in [0.3, 0.4) is 0 Å². The highest BCUT2D eigenvalue weighted by molar-refractivity contribution is 5.98. The minimum absolute atomic E-state index is 0.00272. The first-order valence-corrected chi connectivity index (χ1v) is 9.02. The Hall–Kier alpha value is -2.57. The van der Waals surface area contributed by atoms with Crippen molar-refractivity contribution in [1.29, 1.82) is 0 Å². The number of aromatic amines is 1. The van der Waals surface area contributed by atoms with Gasteiger partial charge in [-0.25, -0.2) is 4.79 Å². The molecule has 0 bridgehead atoms. The molecule has 0 unspecified atom stereocenters. The third-order valence-electron chi connectivity index (χ3n) is 5.03. The summed E-state index contributed by atoms with van der Waals surface area (Å²) >= 11 is 0. The van der Waals surface area contributed by atoms with Crippen molar-refractivity contribution in [2.24, 2.45) is 0 Å². The summed E-state index contributed by atoms with van der Waals surface area (Å²) in [6.45, 7) is 5.75. The Balaban J connectivity index is 1.59. The first-order chi connectivity index (χ1) is 12.3. The molecule has 0 radical (unpaired) electrons. The number of fused-ring (bicyclic) bond motifs is 1. The maximum Gasteiger partial charge on any atom is 0.407 e. The molecular formula is C19H26N4O3. The van der Waals surface area contributed by atoms with Crippen LogP contribution in [0.25, 0.3) is 10.9 Å². The molecule has 1 heterocycles. The molecule has 2 aromatic rings. The average molecular weight is 358 g/mol. The fourth-order valence-electron chi connectivity index (χ4n) is 3.82. The predicted molar refractivity (Wildman–Crippen MR) is 99.2 cm³/mol. The van der Waals surface area contributed by atoms with Crippen molar-refractivity contribution < 1.29 is 14.7 Å². The molecule has 0 atom stereocenters. The number of amides is 2. The molecule has 0 saturated heterocycles. The van der Waals surface area contributed by atoms with E-state index in [1.807, 2.05) is 32.9 Å². The second kappa shape index (κ2) is 6.97. The van der Waals surface area contributed by atoms with Gasteiger partial charge in [-0.2, -0.15) is 5.10 Å². The van der Waals surface area contributed by atoms with Crippen LogP contribution in [-0.4, -0.2) is 49.8 Å². The average Bonchev–Trinajstić information content (AvgIpc) is 3.02. The second-order valence-corrected chi connectivity index (χ2v) is 7.97. The number of hydrogen-bond donors (Lipinski definition) is 3. The standard InChI is InChI=1S/C19H26N4O3/c1-19(2,3)23(18(25)26)15-7-5-14(6-8-15)21-17(24)12-4-9-16-13(10-12)11-20-22-16/h4,9-11,14-15H,5-8H2,1-3H3,(H,20,22)(H,21,24)(H,25,26)/t14-,15-. The van der Waals surface area contributed by atoms with Crippen molar-refractivity contribution in [1.82, 2.24) is 20.4 Å². The number of hydrogen-bond acceptors (Lipinski definition) is 3. The Morgan fingerprint density at radius 1 is 1.23 bits per heavy atom. The van der Waals surface area contributed by atoms with Gasteiger partial charge in [-0.05, 0) is 64.7 Å². The molecule has 0 spiro atoms. The van der Waals surface area contributed by atoms with Crippen LogP contribution >= 0.6 is 0 Å². The van der Waals surface area contributed by atoms with E-state index in [0.29, 0.717) is 5.56 Å². The zero-order chi connectivity index (χ0) is 18.9. The molecule has 3 N–H and O–H groups in total. The van der Waals surface area contributed by atoms with E-state index in [2.05, 4.69) is 15.5 Å². The van der Waals surface area contributed by atoms with Gasteiger partial charge in [-0.1, -0.05) is 0 Å². The van der Waals surface area contributed by atoms with Gasteiger partial charge in [0, 0.05) is 28.6 Å². The quantitative estimate of drug-likeness (QED) is 0.783. The van der Waals surface area contributed by atoms with Gasteiger partial charge in [0.05, 0.1) is 11.7 Å². The van der Waals surface area contributed by atoms with Crippen LogP contribution in [0.4, 0.5) is 4.79 Å². The van der Waals surface area contributed by atoms with Crippen molar-refractivity contribution in [3.63, 3.8) is 0 Å². The Morgan fingerprint density at radius 3 is 2.54 bits per heavy atom. The maximum atomic E-state index is 12.5. The van der Waals surface area contributed by atoms with Gasteiger partial charge in [-0.3, -0.25) is 9.89 Å². The number of aromatic nitrogens is 2. The van der Waals surface area contributed by atoms with Crippen molar-refractivity contribution >= 4 is 22.9 Å². The van der Waals surface area contributed by atoms with Gasteiger partial charge in [0.15, 0.2) is 0 Å². The summed E-state index contributed by atoms with van der Waals surface area (Å²) in [6, 6.07) is 5.54. The van der Waals surface area contributed by atoms with Crippen LogP contribution in [0.5, 0.6) is 0 Å². The van der Waals surface area contributed by atoms with E-state index in [-0.39, 0.29) is 18.0 Å². The van der Waals surface area contributed by atoms with Crippen molar-refractivity contribution in [2.75, 3.05) is 0 Å². The van der Waals surface area contributed by atoms with E-state index in [0.717, 1.165) is 36.6 Å². The molecule has 140 valence electrons. The lowest BCUT2D eigenvalue weighted by Crippen LogP contribution is -2.53. The molecule has 26 heavy (non-hydrogen) atoms. The number of nitrogens with one attached hydrogen (secondary N) is 2. The van der Waals surface area contributed by atoms with E-state index >= 15 is 0 Å². The third-order valence-corrected chi connectivity index (χ3v) is 5.03. The van der Waals surface area contributed by atoms with E-state index in [1.165, 1.54) is 0 Å². The van der Waals surface area contributed by atoms with Crippen LogP contribution in [0.1, 0.15) is 56.8 Å². The molecule has 1 aromatic carbocycles. The zero-order valence-electron chi connectivity index (χ0n) is 15.5. The molecule has 3 rings (SSSR count). The highest BCUT2D eigenvalue weighted by atomic mass is 16.4. The lowest BCUT2D eigenvalue weighted by Gasteiger charge is -2.42. The molecule has 1 aromatic heterocycles. The summed E-state index contributed by atoms with van der Waals surface area (Å²) in [7, 11) is 0. The number of carbonyl (C=O) groups excluding carboxylic acids is 1. The maximum absolute atomic E-state index is 12.5. The number of H-pyrrole nitrogens is 1. The van der Waals surface area contributed by atoms with Gasteiger partial charge in [0.25, 0.3) is 5.91 Å². The van der Waals surface area contributed by atoms with E-state index < -0.39 is 11.6 Å². The van der Waals surface area contributed by atoms with Crippen molar-refractivity contribution in [2.45, 2.75) is 64.1 Å². The normalized spacial score (nSPS) is 20.7. The fourth-order valence-corrected chi connectivity index (χ4v) is 3.82. The van der Waals surface area contributed by atoms with E-state index in [1.54, 1.807) is 17.2 Å². The Morgan fingerprint density at radius 2 is 1.92 bits per heavy atom. The van der Waals surface area contributed by atoms with Crippen LogP contribution in [0.2, 0.25) is 0 Å². The summed E-state index contributed by atoms with van der Waals surface area (Å²) in [5.74, 6) is -0.0949. The topological polar surface area (TPSA) is 98.3 Å². The molecule has 7 nitrogen and oxygen atoms in total. The lowest BCUT2D eigenvalue weighted by molar-refractivity contribution is 0.0520. The molecule has 0 aliphatic heterocycles. The summed E-state index contributed by atoms with van der Waals surface area (Å²) in [4.78, 5) is 25.7. The molecule has 2 amide bonds. The fraction of sp³-hybridized carbons (Fsp3) is 0.526. The Labute approximate surface area is 152 Å². The molecule has 1 aliphatic rings. The minimum Gasteiger partial charge on any atom is -0.465 e. The number of rotatable bonds is 3. The van der Waals surface area contributed by atoms with Crippen LogP contribution in [0.15, 0.2) is 24.4 Å². The van der Waals surface area contributed by atoms with Gasteiger partial charge in [-0.15, -0.1) is 0 Å². The van der Waals surface area contributed by atoms with Gasteiger partial charge in [0.2, 0.25) is 0 Å². The Bertz CT molecular complexity index is 800. The lowest BCUT2D eigenvalue weighted by atomic mass is 9.88. The van der Waals surface area contributed by atoms with E-state index in [9.17, 15) is 14.7 Å². The smallest absolute Gasteiger partial charge is 0.407 e. The number of carbonyl (C=O) groups is 2. The van der Waals surface area contributed by atoms with Gasteiger partial charge >= 0.3 is 6.09 Å². The van der Waals surface area contributed by atoms with Crippen LogP contribution in [-0.2, 0) is 0 Å². The first kappa shape index (κ1) is 18.2. The SMILES string of the molecule is CC(C)(C)N(C(=O)O)[C@H]1CC[C@H](NC(=O)c2ccc3[nH]ncc3c2)CC1. The zero-order valence-corrected chi connectivity index (χ0v) is 15.5. The largest absolute Gasteiger partial charge is 0.465 e. The molecule has 1 fully saturated rings. The van der Waals surface area contributed by atoms with E-state index in [4.69, 9.17) is 0 Å². The van der Waals surface area contributed by atoms with Crippen molar-refractivity contribution in [3.05, 3.63) is 30.0 Å². The summed E-state index contributed by atoms with van der Waals surface area (Å²) in [5, 5.41) is 20.4. The monoisotopic (exact) mass is 358 g/mol. The first-order valence-electron chi connectivity index (χ1n) is 9.02.